The highest BCUT2D eigenvalue weighted by Crippen LogP contribution is 2.35. The molecule has 1 aliphatic rings. The number of carbonyl (C=O) groups is 3. The lowest BCUT2D eigenvalue weighted by Gasteiger charge is -2.24. The number of imide groups is 1. The van der Waals surface area contributed by atoms with E-state index in [0.717, 1.165) is 38.6 Å². The second-order valence-electron chi connectivity index (χ2n) is 10.2. The molecule has 3 amide bonds. The third-order valence-corrected chi connectivity index (χ3v) is 5.25. The Kier molecular flexibility index (Phi) is 8.97. The SMILES string of the molecule is CC(C)(C)CCCCNC(=O)CCCCCN1C(=O)CC(C(C)(C)C)C1=O. The molecule has 1 rings (SSSR count). The fraction of sp³-hybridized carbons (Fsp3) is 0.864. The van der Waals surface area contributed by atoms with Gasteiger partial charge in [0.1, 0.15) is 0 Å². The van der Waals surface area contributed by atoms with Gasteiger partial charge in [-0.1, -0.05) is 54.4 Å². The van der Waals surface area contributed by atoms with Crippen LogP contribution in [-0.4, -0.2) is 35.7 Å². The summed E-state index contributed by atoms with van der Waals surface area (Å²) in [7, 11) is 0. The number of nitrogens with zero attached hydrogens (tertiary/aromatic N) is 1. The smallest absolute Gasteiger partial charge is 0.233 e. The molecule has 0 aliphatic carbocycles. The van der Waals surface area contributed by atoms with Gasteiger partial charge in [-0.05, 0) is 36.5 Å². The molecule has 27 heavy (non-hydrogen) atoms. The first-order chi connectivity index (χ1) is 12.4. The van der Waals surface area contributed by atoms with Crippen LogP contribution in [0.25, 0.3) is 0 Å². The first-order valence-electron chi connectivity index (χ1n) is 10.5. The van der Waals surface area contributed by atoms with E-state index in [1.54, 1.807) is 0 Å². The Morgan fingerprint density at radius 2 is 1.67 bits per heavy atom. The third kappa shape index (κ3) is 8.89. The number of unbranched alkanes of at least 4 members (excludes halogenated alkanes) is 3. The summed E-state index contributed by atoms with van der Waals surface area (Å²) in [6.45, 7) is 14.0. The van der Waals surface area contributed by atoms with Gasteiger partial charge < -0.3 is 5.32 Å². The largest absolute Gasteiger partial charge is 0.356 e. The van der Waals surface area contributed by atoms with Gasteiger partial charge in [-0.25, -0.2) is 0 Å². The maximum atomic E-state index is 12.4. The van der Waals surface area contributed by atoms with Crippen LogP contribution >= 0.6 is 0 Å². The van der Waals surface area contributed by atoms with E-state index in [4.69, 9.17) is 0 Å². The molecule has 0 aromatic carbocycles. The van der Waals surface area contributed by atoms with Crippen LogP contribution in [0.2, 0.25) is 0 Å². The molecule has 156 valence electrons. The average Bonchev–Trinajstić information content (AvgIpc) is 2.81. The molecule has 1 aliphatic heterocycles. The highest BCUT2D eigenvalue weighted by molar-refractivity contribution is 6.03. The predicted octanol–water partition coefficient (Wildman–Crippen LogP) is 4.30. The summed E-state index contributed by atoms with van der Waals surface area (Å²) in [6.07, 6.45) is 6.61. The minimum atomic E-state index is -0.200. The third-order valence-electron chi connectivity index (χ3n) is 5.25. The maximum Gasteiger partial charge on any atom is 0.233 e. The van der Waals surface area contributed by atoms with Crippen LogP contribution in [0, 0.1) is 16.7 Å². The number of carbonyl (C=O) groups excluding carboxylic acids is 3. The van der Waals surface area contributed by atoms with Gasteiger partial charge in [0.25, 0.3) is 0 Å². The van der Waals surface area contributed by atoms with Crippen molar-refractivity contribution >= 4 is 17.7 Å². The molecule has 5 nitrogen and oxygen atoms in total. The summed E-state index contributed by atoms with van der Waals surface area (Å²) in [6, 6.07) is 0. The van der Waals surface area contributed by atoms with E-state index in [1.165, 1.54) is 11.3 Å². The van der Waals surface area contributed by atoms with Crippen LogP contribution in [-0.2, 0) is 14.4 Å². The Morgan fingerprint density at radius 1 is 1.00 bits per heavy atom. The fourth-order valence-electron chi connectivity index (χ4n) is 3.42. The highest BCUT2D eigenvalue weighted by Gasteiger charge is 2.44. The summed E-state index contributed by atoms with van der Waals surface area (Å²) in [5.74, 6) is -0.172. The minimum absolute atomic E-state index is 0.0273. The summed E-state index contributed by atoms with van der Waals surface area (Å²) in [4.78, 5) is 37.8. The molecular formula is C22H40N2O3. The second-order valence-corrected chi connectivity index (χ2v) is 10.2. The zero-order valence-electron chi connectivity index (χ0n) is 18.3. The number of rotatable bonds is 10. The quantitative estimate of drug-likeness (QED) is 0.454. The van der Waals surface area contributed by atoms with Gasteiger partial charge in [-0.15, -0.1) is 0 Å². The molecule has 0 saturated carbocycles. The Balaban J connectivity index is 2.12. The monoisotopic (exact) mass is 380 g/mol. The van der Waals surface area contributed by atoms with Gasteiger partial charge >= 0.3 is 0 Å². The van der Waals surface area contributed by atoms with E-state index in [-0.39, 0.29) is 29.1 Å². The van der Waals surface area contributed by atoms with Crippen LogP contribution in [0.15, 0.2) is 0 Å². The molecule has 1 fully saturated rings. The van der Waals surface area contributed by atoms with Crippen molar-refractivity contribution in [2.75, 3.05) is 13.1 Å². The van der Waals surface area contributed by atoms with Crippen molar-refractivity contribution in [3.63, 3.8) is 0 Å². The molecule has 0 bridgehead atoms. The molecule has 1 unspecified atom stereocenters. The van der Waals surface area contributed by atoms with Crippen molar-refractivity contribution in [2.45, 2.75) is 92.9 Å². The van der Waals surface area contributed by atoms with Crippen molar-refractivity contribution in [3.05, 3.63) is 0 Å². The number of nitrogens with one attached hydrogen (secondary N) is 1. The topological polar surface area (TPSA) is 66.5 Å². The van der Waals surface area contributed by atoms with E-state index in [2.05, 4.69) is 26.1 Å². The lowest BCUT2D eigenvalue weighted by molar-refractivity contribution is -0.140. The number of hydrogen-bond acceptors (Lipinski definition) is 3. The van der Waals surface area contributed by atoms with Gasteiger partial charge in [-0.2, -0.15) is 0 Å². The fourth-order valence-corrected chi connectivity index (χ4v) is 3.42. The van der Waals surface area contributed by atoms with Crippen LogP contribution in [0.1, 0.15) is 92.9 Å². The van der Waals surface area contributed by atoms with Crippen molar-refractivity contribution in [1.29, 1.82) is 0 Å². The molecule has 0 spiro atoms. The molecule has 0 aromatic rings. The van der Waals surface area contributed by atoms with Gasteiger partial charge in [0.2, 0.25) is 17.7 Å². The normalized spacial score (nSPS) is 18.3. The van der Waals surface area contributed by atoms with E-state index in [9.17, 15) is 14.4 Å². The first-order valence-corrected chi connectivity index (χ1v) is 10.5. The van der Waals surface area contributed by atoms with Crippen LogP contribution in [0.3, 0.4) is 0 Å². The lowest BCUT2D eigenvalue weighted by Crippen LogP contribution is -2.34. The molecule has 1 atom stereocenters. The molecular weight excluding hydrogens is 340 g/mol. The van der Waals surface area contributed by atoms with E-state index in [0.29, 0.717) is 24.8 Å². The Labute approximate surface area is 165 Å². The molecule has 5 heteroatoms. The summed E-state index contributed by atoms with van der Waals surface area (Å²) in [5, 5.41) is 2.98. The van der Waals surface area contributed by atoms with Gasteiger partial charge in [0.05, 0.1) is 5.92 Å². The van der Waals surface area contributed by atoms with E-state index in [1.807, 2.05) is 20.8 Å². The van der Waals surface area contributed by atoms with Gasteiger partial charge in [-0.3, -0.25) is 19.3 Å². The Bertz CT molecular complexity index is 515. The molecule has 1 saturated heterocycles. The first kappa shape index (κ1) is 23.6. The van der Waals surface area contributed by atoms with E-state index >= 15 is 0 Å². The van der Waals surface area contributed by atoms with Crippen LogP contribution < -0.4 is 5.32 Å². The molecule has 1 heterocycles. The summed E-state index contributed by atoms with van der Waals surface area (Å²) in [5.41, 5.74) is 0.182. The summed E-state index contributed by atoms with van der Waals surface area (Å²) >= 11 is 0. The zero-order chi connectivity index (χ0) is 20.7. The van der Waals surface area contributed by atoms with Crippen LogP contribution in [0.5, 0.6) is 0 Å². The van der Waals surface area contributed by atoms with Gasteiger partial charge in [0, 0.05) is 25.9 Å². The van der Waals surface area contributed by atoms with Crippen molar-refractivity contribution < 1.29 is 14.4 Å². The molecule has 0 radical (unpaired) electrons. The molecule has 0 aromatic heterocycles. The van der Waals surface area contributed by atoms with E-state index < -0.39 is 0 Å². The highest BCUT2D eigenvalue weighted by atomic mass is 16.2. The summed E-state index contributed by atoms with van der Waals surface area (Å²) < 4.78 is 0. The van der Waals surface area contributed by atoms with Gasteiger partial charge in [0.15, 0.2) is 0 Å². The zero-order valence-corrected chi connectivity index (χ0v) is 18.3. The maximum absolute atomic E-state index is 12.4. The van der Waals surface area contributed by atoms with Crippen molar-refractivity contribution in [3.8, 4) is 0 Å². The Morgan fingerprint density at radius 3 is 2.22 bits per heavy atom. The number of amides is 3. The van der Waals surface area contributed by atoms with Crippen LogP contribution in [0.4, 0.5) is 0 Å². The lowest BCUT2D eigenvalue weighted by atomic mass is 9.80. The standard InChI is InChI=1S/C22H40N2O3/c1-21(2,3)13-9-10-14-23-18(25)12-8-7-11-15-24-19(26)16-17(20(24)27)22(4,5)6/h17H,7-16H2,1-6H3,(H,23,25). The van der Waals surface area contributed by atoms with Crippen molar-refractivity contribution in [2.24, 2.45) is 16.7 Å². The predicted molar refractivity (Wildman–Crippen MR) is 109 cm³/mol. The second kappa shape index (κ2) is 10.2. The Hall–Kier alpha value is -1.39. The number of hydrogen-bond donors (Lipinski definition) is 1. The average molecular weight is 381 g/mol. The minimum Gasteiger partial charge on any atom is -0.356 e. The number of likely N-dealkylation sites (tertiary alicyclic amines) is 1. The molecule has 1 N–H and O–H groups in total. The van der Waals surface area contributed by atoms with Crippen molar-refractivity contribution in [1.82, 2.24) is 10.2 Å².